The summed E-state index contributed by atoms with van der Waals surface area (Å²) in [5.74, 6) is -0.243. The number of thiophene rings is 1. The molecule has 0 bridgehead atoms. The van der Waals surface area contributed by atoms with Gasteiger partial charge in [-0.3, -0.25) is 14.5 Å². The number of fused-ring (bicyclic) bond motifs is 3. The first kappa shape index (κ1) is 21.5. The molecule has 166 valence electrons. The second-order valence-corrected chi connectivity index (χ2v) is 10.6. The molecule has 1 saturated heterocycles. The highest BCUT2D eigenvalue weighted by Crippen LogP contribution is 2.41. The monoisotopic (exact) mass is 469 g/mol. The van der Waals surface area contributed by atoms with Crippen molar-refractivity contribution in [1.82, 2.24) is 14.9 Å². The third-order valence-corrected chi connectivity index (χ3v) is 8.55. The molecule has 32 heavy (non-hydrogen) atoms. The topological polar surface area (TPSA) is 63.2 Å². The molecule has 3 heterocycles. The maximum absolute atomic E-state index is 13.4. The summed E-state index contributed by atoms with van der Waals surface area (Å²) >= 11 is 3.23. The van der Waals surface area contributed by atoms with E-state index in [-0.39, 0.29) is 17.1 Å². The first-order chi connectivity index (χ1) is 15.5. The van der Waals surface area contributed by atoms with E-state index in [4.69, 9.17) is 4.98 Å². The Hall–Kier alpha value is -2.32. The Labute approximate surface area is 194 Å². The highest BCUT2D eigenvalue weighted by atomic mass is 32.2. The fraction of sp³-hybridized carbons (Fsp3) is 0.417. The molecule has 0 radical (unpaired) electrons. The van der Waals surface area contributed by atoms with Gasteiger partial charge < -0.3 is 0 Å². The fourth-order valence-electron chi connectivity index (χ4n) is 4.51. The fourth-order valence-corrected chi connectivity index (χ4v) is 7.19. The molecule has 1 unspecified atom stereocenters. The number of amides is 2. The van der Waals surface area contributed by atoms with Crippen LogP contribution in [0.1, 0.15) is 58.7 Å². The number of rotatable bonds is 3. The van der Waals surface area contributed by atoms with Gasteiger partial charge in [0.25, 0.3) is 5.91 Å². The van der Waals surface area contributed by atoms with Crippen LogP contribution >= 0.6 is 23.1 Å². The van der Waals surface area contributed by atoms with Gasteiger partial charge in [0.2, 0.25) is 5.91 Å². The quantitative estimate of drug-likeness (QED) is 0.383. The van der Waals surface area contributed by atoms with Crippen molar-refractivity contribution < 1.29 is 14.0 Å². The van der Waals surface area contributed by atoms with E-state index in [1.807, 2.05) is 6.92 Å². The van der Waals surface area contributed by atoms with Crippen LogP contribution in [0.3, 0.4) is 0 Å². The molecule has 0 N–H and O–H groups in total. The molecule has 2 aromatic heterocycles. The molecular weight excluding hydrogens is 445 g/mol. The van der Waals surface area contributed by atoms with E-state index in [1.54, 1.807) is 11.3 Å². The number of nitrogens with zero attached hydrogens (tertiary/aromatic N) is 3. The van der Waals surface area contributed by atoms with Crippen LogP contribution in [0, 0.1) is 12.7 Å². The summed E-state index contributed by atoms with van der Waals surface area (Å²) in [6.45, 7) is 2.28. The second kappa shape index (κ2) is 8.90. The van der Waals surface area contributed by atoms with Crippen molar-refractivity contribution in [2.45, 2.75) is 62.1 Å². The molecule has 2 aliphatic rings. The summed E-state index contributed by atoms with van der Waals surface area (Å²) in [6.07, 6.45) is 6.82. The molecule has 1 fully saturated rings. The van der Waals surface area contributed by atoms with Crippen molar-refractivity contribution in [1.29, 1.82) is 0 Å². The molecule has 0 saturated carbocycles. The van der Waals surface area contributed by atoms with E-state index in [9.17, 15) is 14.0 Å². The number of aryl methyl sites for hydroxylation is 3. The van der Waals surface area contributed by atoms with Crippen LogP contribution in [0.4, 0.5) is 4.39 Å². The highest BCUT2D eigenvalue weighted by molar-refractivity contribution is 8.00. The van der Waals surface area contributed by atoms with Gasteiger partial charge in [-0.15, -0.1) is 11.3 Å². The zero-order chi connectivity index (χ0) is 22.2. The number of carbonyl (C=O) groups excluding carboxylic acids is 2. The van der Waals surface area contributed by atoms with Crippen LogP contribution in [0.15, 0.2) is 29.3 Å². The smallest absolute Gasteiger partial charge is 0.260 e. The van der Waals surface area contributed by atoms with Gasteiger partial charge in [-0.2, -0.15) is 0 Å². The maximum Gasteiger partial charge on any atom is 0.260 e. The average Bonchev–Trinajstić information content (AvgIpc) is 3.06. The van der Waals surface area contributed by atoms with Gasteiger partial charge in [0, 0.05) is 22.4 Å². The number of aromatic nitrogens is 2. The van der Waals surface area contributed by atoms with E-state index >= 15 is 0 Å². The van der Waals surface area contributed by atoms with Crippen molar-refractivity contribution in [3.05, 3.63) is 51.9 Å². The summed E-state index contributed by atoms with van der Waals surface area (Å²) in [4.78, 5) is 39.6. The Morgan fingerprint density at radius 3 is 2.72 bits per heavy atom. The van der Waals surface area contributed by atoms with Crippen LogP contribution in [-0.4, -0.2) is 38.5 Å². The lowest BCUT2D eigenvalue weighted by Gasteiger charge is -2.22. The number of halogens is 1. The molecular formula is C24H24FN3O2S2. The molecule has 8 heteroatoms. The largest absolute Gasteiger partial charge is 0.278 e. The van der Waals surface area contributed by atoms with Crippen LogP contribution < -0.4 is 0 Å². The first-order valence-electron chi connectivity index (χ1n) is 11.1. The standard InChI is InChI=1S/C24H24FN3O2S2/c1-14-26-21-20(17-6-2-3-7-18(17)31-21)22(27-14)32-19-8-4-5-13-28(24(19)30)23(29)15-9-11-16(25)12-10-15/h9-12,19H,2-8,13H2,1H3. The zero-order valence-electron chi connectivity index (χ0n) is 17.9. The van der Waals surface area contributed by atoms with Gasteiger partial charge in [-0.25, -0.2) is 14.4 Å². The van der Waals surface area contributed by atoms with Gasteiger partial charge in [-0.1, -0.05) is 18.2 Å². The third kappa shape index (κ3) is 4.06. The number of likely N-dealkylation sites (tertiary alicyclic amines) is 1. The van der Waals surface area contributed by atoms with E-state index in [2.05, 4.69) is 4.98 Å². The highest BCUT2D eigenvalue weighted by Gasteiger charge is 2.33. The van der Waals surface area contributed by atoms with Crippen LogP contribution in [0.5, 0.6) is 0 Å². The normalized spacial score (nSPS) is 19.1. The minimum absolute atomic E-state index is 0.185. The molecule has 5 nitrogen and oxygen atoms in total. The van der Waals surface area contributed by atoms with Crippen molar-refractivity contribution in [3.8, 4) is 0 Å². The van der Waals surface area contributed by atoms with Crippen LogP contribution in [0.25, 0.3) is 10.2 Å². The predicted molar refractivity (Wildman–Crippen MR) is 125 cm³/mol. The molecule has 0 spiro atoms. The number of hydrogen-bond donors (Lipinski definition) is 0. The van der Waals surface area contributed by atoms with Gasteiger partial charge in [0.1, 0.15) is 21.5 Å². The number of thioether (sulfide) groups is 1. The zero-order valence-corrected chi connectivity index (χ0v) is 19.5. The third-order valence-electron chi connectivity index (χ3n) is 6.12. The van der Waals surface area contributed by atoms with Crippen LogP contribution in [-0.2, 0) is 17.6 Å². The molecule has 1 aliphatic heterocycles. The number of hydrogen-bond acceptors (Lipinski definition) is 6. The van der Waals surface area contributed by atoms with Crippen molar-refractivity contribution >= 4 is 45.1 Å². The number of benzene rings is 1. The van der Waals surface area contributed by atoms with Gasteiger partial charge in [0.05, 0.1) is 5.25 Å². The average molecular weight is 470 g/mol. The number of carbonyl (C=O) groups is 2. The van der Waals surface area contributed by atoms with E-state index in [0.717, 1.165) is 40.9 Å². The molecule has 1 atom stereocenters. The van der Waals surface area contributed by atoms with Crippen molar-refractivity contribution in [2.75, 3.05) is 6.54 Å². The Kier molecular flexibility index (Phi) is 5.99. The lowest BCUT2D eigenvalue weighted by molar-refractivity contribution is -0.127. The Morgan fingerprint density at radius 2 is 1.91 bits per heavy atom. The molecule has 1 aliphatic carbocycles. The lowest BCUT2D eigenvalue weighted by Crippen LogP contribution is -2.41. The Bertz CT molecular complexity index is 1190. The van der Waals surface area contributed by atoms with Gasteiger partial charge in [0.15, 0.2) is 0 Å². The van der Waals surface area contributed by atoms with E-state index in [0.29, 0.717) is 24.4 Å². The summed E-state index contributed by atoms with van der Waals surface area (Å²) in [6, 6.07) is 5.38. The minimum Gasteiger partial charge on any atom is -0.278 e. The SMILES string of the molecule is Cc1nc(SC2CCCCN(C(=O)c3ccc(F)cc3)C2=O)c2c3c(sc2n1)CCCC3. The summed E-state index contributed by atoms with van der Waals surface area (Å²) < 4.78 is 13.3. The van der Waals surface area contributed by atoms with E-state index in [1.165, 1.54) is 64.2 Å². The summed E-state index contributed by atoms with van der Waals surface area (Å²) in [5.41, 5.74) is 1.68. The lowest BCUT2D eigenvalue weighted by atomic mass is 9.97. The molecule has 5 rings (SSSR count). The van der Waals surface area contributed by atoms with Crippen molar-refractivity contribution in [2.24, 2.45) is 0 Å². The second-order valence-electron chi connectivity index (χ2n) is 8.37. The van der Waals surface area contributed by atoms with Gasteiger partial charge in [-0.05, 0) is 75.3 Å². The van der Waals surface area contributed by atoms with Gasteiger partial charge >= 0.3 is 0 Å². The minimum atomic E-state index is -0.403. The first-order valence-corrected chi connectivity index (χ1v) is 12.8. The Morgan fingerprint density at radius 1 is 1.12 bits per heavy atom. The Balaban J connectivity index is 1.46. The summed E-state index contributed by atoms with van der Waals surface area (Å²) in [7, 11) is 0. The number of imide groups is 1. The van der Waals surface area contributed by atoms with E-state index < -0.39 is 5.82 Å². The molecule has 2 amide bonds. The summed E-state index contributed by atoms with van der Waals surface area (Å²) in [5, 5.41) is 1.59. The molecule has 1 aromatic carbocycles. The van der Waals surface area contributed by atoms with Crippen molar-refractivity contribution in [3.63, 3.8) is 0 Å². The van der Waals surface area contributed by atoms with Crippen LogP contribution in [0.2, 0.25) is 0 Å². The maximum atomic E-state index is 13.4. The predicted octanol–water partition coefficient (Wildman–Crippen LogP) is 5.33. The molecule has 3 aromatic rings.